The van der Waals surface area contributed by atoms with E-state index >= 15 is 0 Å². The average Bonchev–Trinajstić information content (AvgIpc) is 2.35. The van der Waals surface area contributed by atoms with E-state index in [1.165, 1.54) is 12.3 Å². The van der Waals surface area contributed by atoms with Gasteiger partial charge in [-0.05, 0) is 12.5 Å². The van der Waals surface area contributed by atoms with E-state index < -0.39 is 5.91 Å². The number of nitrogens with two attached hydrogens (primary N) is 2. The summed E-state index contributed by atoms with van der Waals surface area (Å²) >= 11 is 0. The Morgan fingerprint density at radius 1 is 1.47 bits per heavy atom. The molecule has 0 unspecified atom stereocenters. The van der Waals surface area contributed by atoms with Crippen LogP contribution in [0.3, 0.4) is 0 Å². The van der Waals surface area contributed by atoms with Crippen molar-refractivity contribution in [2.75, 3.05) is 30.8 Å². The average molecular weight is 265 g/mol. The van der Waals surface area contributed by atoms with Gasteiger partial charge in [0.25, 0.3) is 5.91 Å². The predicted octanol–water partition coefficient (Wildman–Crippen LogP) is -0.275. The molecule has 1 aromatic heterocycles. The van der Waals surface area contributed by atoms with Crippen molar-refractivity contribution in [2.45, 2.75) is 13.3 Å². The standard InChI is InChI=1S/C12H19N5O2/c1-3-4-15-10(18)7-17(2)12-9(11(14)19)5-8(13)6-16-12/h5-6H,3-4,7,13H2,1-2H3,(H2,14,19)(H,15,18). The highest BCUT2D eigenvalue weighted by atomic mass is 16.2. The largest absolute Gasteiger partial charge is 0.397 e. The summed E-state index contributed by atoms with van der Waals surface area (Å²) < 4.78 is 0. The van der Waals surface area contributed by atoms with Crippen LogP contribution in [0.4, 0.5) is 11.5 Å². The Morgan fingerprint density at radius 2 is 2.16 bits per heavy atom. The quantitative estimate of drug-likeness (QED) is 0.654. The third-order valence-electron chi connectivity index (χ3n) is 2.47. The maximum atomic E-state index is 11.6. The van der Waals surface area contributed by atoms with Crippen LogP contribution < -0.4 is 21.7 Å². The van der Waals surface area contributed by atoms with Gasteiger partial charge >= 0.3 is 0 Å². The van der Waals surface area contributed by atoms with Gasteiger partial charge in [0.2, 0.25) is 5.91 Å². The summed E-state index contributed by atoms with van der Waals surface area (Å²) in [6.07, 6.45) is 2.28. The molecule has 0 atom stereocenters. The zero-order valence-electron chi connectivity index (χ0n) is 11.1. The first-order valence-electron chi connectivity index (χ1n) is 5.98. The fraction of sp³-hybridized carbons (Fsp3) is 0.417. The highest BCUT2D eigenvalue weighted by Crippen LogP contribution is 2.18. The van der Waals surface area contributed by atoms with E-state index in [1.807, 2.05) is 6.92 Å². The molecular weight excluding hydrogens is 246 g/mol. The molecule has 7 heteroatoms. The number of anilines is 2. The Balaban J connectivity index is 2.84. The van der Waals surface area contributed by atoms with E-state index in [-0.39, 0.29) is 18.0 Å². The van der Waals surface area contributed by atoms with Crippen molar-refractivity contribution in [1.29, 1.82) is 0 Å². The molecule has 0 aromatic carbocycles. The van der Waals surface area contributed by atoms with E-state index in [0.717, 1.165) is 6.42 Å². The molecule has 5 N–H and O–H groups in total. The van der Waals surface area contributed by atoms with Crippen LogP contribution >= 0.6 is 0 Å². The van der Waals surface area contributed by atoms with Crippen molar-refractivity contribution in [1.82, 2.24) is 10.3 Å². The van der Waals surface area contributed by atoms with E-state index in [4.69, 9.17) is 11.5 Å². The van der Waals surface area contributed by atoms with Gasteiger partial charge in [0, 0.05) is 13.6 Å². The lowest BCUT2D eigenvalue weighted by Crippen LogP contribution is -2.36. The lowest BCUT2D eigenvalue weighted by Gasteiger charge is -2.19. The Hall–Kier alpha value is -2.31. The van der Waals surface area contributed by atoms with Gasteiger partial charge in [-0.3, -0.25) is 9.59 Å². The number of pyridine rings is 1. The third-order valence-corrected chi connectivity index (χ3v) is 2.47. The number of hydrogen-bond acceptors (Lipinski definition) is 5. The van der Waals surface area contributed by atoms with Gasteiger partial charge in [0.1, 0.15) is 5.82 Å². The number of nitrogens with zero attached hydrogens (tertiary/aromatic N) is 2. The minimum atomic E-state index is -0.629. The molecule has 1 rings (SSSR count). The summed E-state index contributed by atoms with van der Waals surface area (Å²) in [6.45, 7) is 2.68. The molecule has 0 aliphatic carbocycles. The van der Waals surface area contributed by atoms with Crippen LogP contribution in [0.2, 0.25) is 0 Å². The van der Waals surface area contributed by atoms with Crippen LogP contribution in [0.25, 0.3) is 0 Å². The molecular formula is C12H19N5O2. The van der Waals surface area contributed by atoms with Gasteiger partial charge in [-0.1, -0.05) is 6.92 Å². The predicted molar refractivity (Wildman–Crippen MR) is 73.7 cm³/mol. The summed E-state index contributed by atoms with van der Waals surface area (Å²) in [7, 11) is 1.66. The van der Waals surface area contributed by atoms with Crippen LogP contribution in [0, 0.1) is 0 Å². The molecule has 0 aliphatic heterocycles. The van der Waals surface area contributed by atoms with E-state index in [0.29, 0.717) is 18.1 Å². The van der Waals surface area contributed by atoms with Gasteiger partial charge < -0.3 is 21.7 Å². The number of hydrogen-bond donors (Lipinski definition) is 3. The molecule has 0 radical (unpaired) electrons. The first-order chi connectivity index (χ1) is 8.95. The molecule has 2 amide bonds. The van der Waals surface area contributed by atoms with Gasteiger partial charge in [-0.2, -0.15) is 0 Å². The number of aromatic nitrogens is 1. The Labute approximate surface area is 112 Å². The minimum Gasteiger partial charge on any atom is -0.397 e. The van der Waals surface area contributed by atoms with Gasteiger partial charge in [-0.25, -0.2) is 4.98 Å². The van der Waals surface area contributed by atoms with Crippen molar-refractivity contribution in [3.8, 4) is 0 Å². The molecule has 0 bridgehead atoms. The molecule has 1 heterocycles. The highest BCUT2D eigenvalue weighted by molar-refractivity contribution is 5.99. The molecule has 0 saturated carbocycles. The molecule has 0 saturated heterocycles. The number of likely N-dealkylation sites (N-methyl/N-ethyl adjacent to an activating group) is 1. The van der Waals surface area contributed by atoms with Crippen molar-refractivity contribution in [2.24, 2.45) is 5.73 Å². The van der Waals surface area contributed by atoms with Crippen LogP contribution in [-0.2, 0) is 4.79 Å². The van der Waals surface area contributed by atoms with Crippen LogP contribution in [0.1, 0.15) is 23.7 Å². The third kappa shape index (κ3) is 4.13. The Bertz CT molecular complexity index is 475. The molecule has 1 aromatic rings. The van der Waals surface area contributed by atoms with Crippen molar-refractivity contribution in [3.05, 3.63) is 17.8 Å². The summed E-state index contributed by atoms with van der Waals surface area (Å²) in [5.41, 5.74) is 11.4. The minimum absolute atomic E-state index is 0.0944. The molecule has 0 fully saturated rings. The van der Waals surface area contributed by atoms with E-state index in [1.54, 1.807) is 11.9 Å². The molecule has 0 aliphatic rings. The van der Waals surface area contributed by atoms with Crippen LogP contribution in [0.5, 0.6) is 0 Å². The van der Waals surface area contributed by atoms with Crippen molar-refractivity contribution in [3.63, 3.8) is 0 Å². The first kappa shape index (κ1) is 14.7. The van der Waals surface area contributed by atoms with Gasteiger partial charge in [-0.15, -0.1) is 0 Å². The summed E-state index contributed by atoms with van der Waals surface area (Å²) in [4.78, 5) is 28.6. The molecule has 0 spiro atoms. The number of primary amides is 1. The Morgan fingerprint density at radius 3 is 2.74 bits per heavy atom. The summed E-state index contributed by atoms with van der Waals surface area (Å²) in [5.74, 6) is -0.428. The number of carbonyl (C=O) groups excluding carboxylic acids is 2. The van der Waals surface area contributed by atoms with Crippen LogP contribution in [0.15, 0.2) is 12.3 Å². The van der Waals surface area contributed by atoms with Crippen molar-refractivity contribution < 1.29 is 9.59 Å². The SMILES string of the molecule is CCCNC(=O)CN(C)c1ncc(N)cc1C(N)=O. The molecule has 104 valence electrons. The Kier molecular flexibility index (Phi) is 5.11. The number of rotatable bonds is 6. The second-order valence-corrected chi connectivity index (χ2v) is 4.21. The summed E-state index contributed by atoms with van der Waals surface area (Å²) in [5, 5.41) is 2.74. The maximum absolute atomic E-state index is 11.6. The number of nitrogens with one attached hydrogen (secondary N) is 1. The smallest absolute Gasteiger partial charge is 0.252 e. The number of amides is 2. The topological polar surface area (TPSA) is 114 Å². The van der Waals surface area contributed by atoms with Crippen LogP contribution in [-0.4, -0.2) is 36.9 Å². The summed E-state index contributed by atoms with van der Waals surface area (Å²) in [6, 6.07) is 1.45. The van der Waals surface area contributed by atoms with Gasteiger partial charge in [0.05, 0.1) is 24.0 Å². The fourth-order valence-corrected chi connectivity index (χ4v) is 1.57. The zero-order valence-corrected chi connectivity index (χ0v) is 11.1. The molecule has 7 nitrogen and oxygen atoms in total. The first-order valence-corrected chi connectivity index (χ1v) is 5.98. The van der Waals surface area contributed by atoms with Gasteiger partial charge in [0.15, 0.2) is 0 Å². The highest BCUT2D eigenvalue weighted by Gasteiger charge is 2.16. The van der Waals surface area contributed by atoms with Crippen molar-refractivity contribution >= 4 is 23.3 Å². The fourth-order valence-electron chi connectivity index (χ4n) is 1.57. The second-order valence-electron chi connectivity index (χ2n) is 4.21. The lowest BCUT2D eigenvalue weighted by molar-refractivity contribution is -0.119. The molecule has 19 heavy (non-hydrogen) atoms. The number of nitrogen functional groups attached to an aromatic ring is 1. The maximum Gasteiger partial charge on any atom is 0.252 e. The monoisotopic (exact) mass is 265 g/mol. The number of carbonyl (C=O) groups is 2. The lowest BCUT2D eigenvalue weighted by atomic mass is 10.2. The van der Waals surface area contributed by atoms with E-state index in [9.17, 15) is 9.59 Å². The normalized spacial score (nSPS) is 10.0. The second kappa shape index (κ2) is 6.58. The van der Waals surface area contributed by atoms with E-state index in [2.05, 4.69) is 10.3 Å². The zero-order chi connectivity index (χ0) is 14.4.